The van der Waals surface area contributed by atoms with E-state index in [1.54, 1.807) is 19.2 Å². The highest BCUT2D eigenvalue weighted by Crippen LogP contribution is 2.22. The Morgan fingerprint density at radius 1 is 1.10 bits per heavy atom. The van der Waals surface area contributed by atoms with E-state index in [1.807, 2.05) is 79.2 Å². The summed E-state index contributed by atoms with van der Waals surface area (Å²) in [6.07, 6.45) is 5.48. The molecule has 5 heteroatoms. The highest BCUT2D eigenvalue weighted by Gasteiger charge is 2.19. The van der Waals surface area contributed by atoms with E-state index in [-0.39, 0.29) is 6.10 Å². The molecule has 1 aromatic heterocycles. The Hall–Kier alpha value is -3.34. The van der Waals surface area contributed by atoms with Gasteiger partial charge in [-0.1, -0.05) is 42.5 Å². The second-order valence-corrected chi connectivity index (χ2v) is 6.88. The summed E-state index contributed by atoms with van der Waals surface area (Å²) in [5, 5.41) is 0. The summed E-state index contributed by atoms with van der Waals surface area (Å²) in [4.78, 5) is 17.1. The molecule has 150 valence electrons. The molecular formula is C24H26N2O3. The van der Waals surface area contributed by atoms with Gasteiger partial charge in [-0.2, -0.15) is 0 Å². The number of hydrogen-bond donors (Lipinski definition) is 0. The molecule has 0 saturated carbocycles. The maximum atomic E-state index is 12.7. The summed E-state index contributed by atoms with van der Waals surface area (Å²) < 4.78 is 12.9. The van der Waals surface area contributed by atoms with Crippen molar-refractivity contribution in [2.45, 2.75) is 33.4 Å². The number of nitrogens with zero attached hydrogens (tertiary/aromatic N) is 2. The van der Waals surface area contributed by atoms with Crippen molar-refractivity contribution >= 4 is 17.6 Å². The van der Waals surface area contributed by atoms with Crippen LogP contribution in [-0.4, -0.2) is 28.2 Å². The molecule has 0 spiro atoms. The molecule has 0 radical (unpaired) electrons. The van der Waals surface area contributed by atoms with Crippen LogP contribution in [0.2, 0.25) is 0 Å². The minimum Gasteiger partial charge on any atom is -0.491 e. The zero-order chi connectivity index (χ0) is 20.6. The first-order chi connectivity index (χ1) is 14.1. The zero-order valence-corrected chi connectivity index (χ0v) is 17.0. The van der Waals surface area contributed by atoms with Gasteiger partial charge in [0.2, 0.25) is 0 Å². The minimum atomic E-state index is -0.393. The second-order valence-electron chi connectivity index (χ2n) is 6.88. The SMILES string of the molecule is CCOC(=O)/C(=C/c1ccc(OC(C)C)cc1)c1nccn1Cc1ccccc1. The van der Waals surface area contributed by atoms with Crippen LogP contribution in [0.25, 0.3) is 11.6 Å². The number of carbonyl (C=O) groups is 1. The Morgan fingerprint density at radius 3 is 2.48 bits per heavy atom. The van der Waals surface area contributed by atoms with Crippen molar-refractivity contribution in [2.75, 3.05) is 6.61 Å². The number of hydrogen-bond acceptors (Lipinski definition) is 4. The van der Waals surface area contributed by atoms with E-state index in [0.29, 0.717) is 24.5 Å². The summed E-state index contributed by atoms with van der Waals surface area (Å²) in [5.74, 6) is 0.978. The number of ether oxygens (including phenoxy) is 2. The standard InChI is InChI=1S/C24H26N2O3/c1-4-28-24(27)22(16-19-10-12-21(13-11-19)29-18(2)3)23-25-14-15-26(23)17-20-8-6-5-7-9-20/h5-16,18H,4,17H2,1-3H3/b22-16+. The van der Waals surface area contributed by atoms with Crippen molar-refractivity contribution in [3.63, 3.8) is 0 Å². The molecule has 0 N–H and O–H groups in total. The van der Waals surface area contributed by atoms with Crippen LogP contribution in [0.3, 0.4) is 0 Å². The van der Waals surface area contributed by atoms with Crippen molar-refractivity contribution in [1.82, 2.24) is 9.55 Å². The first kappa shape index (κ1) is 20.4. The monoisotopic (exact) mass is 390 g/mol. The average Bonchev–Trinajstić information content (AvgIpc) is 3.15. The lowest BCUT2D eigenvalue weighted by molar-refractivity contribution is -0.136. The van der Waals surface area contributed by atoms with Gasteiger partial charge in [0.05, 0.1) is 12.7 Å². The largest absolute Gasteiger partial charge is 0.491 e. The summed E-state index contributed by atoms with van der Waals surface area (Å²) in [6.45, 7) is 6.69. The summed E-state index contributed by atoms with van der Waals surface area (Å²) in [5.41, 5.74) is 2.42. The van der Waals surface area contributed by atoms with E-state index >= 15 is 0 Å². The first-order valence-corrected chi connectivity index (χ1v) is 9.77. The van der Waals surface area contributed by atoms with Gasteiger partial charge in [-0.15, -0.1) is 0 Å². The Kier molecular flexibility index (Phi) is 6.85. The van der Waals surface area contributed by atoms with Gasteiger partial charge in [0, 0.05) is 18.9 Å². The Bertz CT molecular complexity index is 957. The van der Waals surface area contributed by atoms with Gasteiger partial charge in [0.25, 0.3) is 0 Å². The predicted octanol–water partition coefficient (Wildman–Crippen LogP) is 4.82. The Morgan fingerprint density at radius 2 is 1.83 bits per heavy atom. The van der Waals surface area contributed by atoms with Gasteiger partial charge in [0.15, 0.2) is 0 Å². The van der Waals surface area contributed by atoms with Crippen LogP contribution < -0.4 is 4.74 Å². The number of rotatable bonds is 8. The molecule has 3 rings (SSSR count). The van der Waals surface area contributed by atoms with Crippen LogP contribution in [-0.2, 0) is 16.1 Å². The van der Waals surface area contributed by atoms with Crippen LogP contribution >= 0.6 is 0 Å². The lowest BCUT2D eigenvalue weighted by atomic mass is 10.1. The number of aromatic nitrogens is 2. The Balaban J connectivity index is 1.93. The molecular weight excluding hydrogens is 364 g/mol. The molecule has 0 atom stereocenters. The molecule has 0 aliphatic rings. The van der Waals surface area contributed by atoms with Crippen LogP contribution in [0.4, 0.5) is 0 Å². The lowest BCUT2D eigenvalue weighted by Crippen LogP contribution is -2.12. The number of carbonyl (C=O) groups excluding carboxylic acids is 1. The average molecular weight is 390 g/mol. The van der Waals surface area contributed by atoms with Gasteiger partial charge in [0.1, 0.15) is 17.1 Å². The molecule has 0 aliphatic carbocycles. The molecule has 0 unspecified atom stereocenters. The van der Waals surface area contributed by atoms with E-state index in [2.05, 4.69) is 4.98 Å². The summed E-state index contributed by atoms with van der Waals surface area (Å²) >= 11 is 0. The molecule has 5 nitrogen and oxygen atoms in total. The topological polar surface area (TPSA) is 53.4 Å². The van der Waals surface area contributed by atoms with Crippen molar-refractivity contribution in [3.05, 3.63) is 83.9 Å². The van der Waals surface area contributed by atoms with Gasteiger partial charge in [-0.05, 0) is 50.1 Å². The van der Waals surface area contributed by atoms with Gasteiger partial charge in [-0.25, -0.2) is 9.78 Å². The van der Waals surface area contributed by atoms with E-state index in [4.69, 9.17) is 9.47 Å². The van der Waals surface area contributed by atoms with Gasteiger partial charge >= 0.3 is 5.97 Å². The van der Waals surface area contributed by atoms with Crippen molar-refractivity contribution in [2.24, 2.45) is 0 Å². The molecule has 3 aromatic rings. The molecule has 2 aromatic carbocycles. The summed E-state index contributed by atoms with van der Waals surface area (Å²) in [6, 6.07) is 17.7. The smallest absolute Gasteiger partial charge is 0.341 e. The van der Waals surface area contributed by atoms with E-state index in [9.17, 15) is 4.79 Å². The van der Waals surface area contributed by atoms with Crippen molar-refractivity contribution in [3.8, 4) is 5.75 Å². The molecule has 0 aliphatic heterocycles. The first-order valence-electron chi connectivity index (χ1n) is 9.77. The molecule has 29 heavy (non-hydrogen) atoms. The fourth-order valence-corrected chi connectivity index (χ4v) is 2.97. The highest BCUT2D eigenvalue weighted by molar-refractivity contribution is 6.20. The molecule has 0 amide bonds. The third-order valence-corrected chi connectivity index (χ3v) is 4.21. The van der Waals surface area contributed by atoms with Crippen LogP contribution in [0, 0.1) is 0 Å². The second kappa shape index (κ2) is 9.73. The highest BCUT2D eigenvalue weighted by atomic mass is 16.5. The van der Waals surface area contributed by atoms with Crippen molar-refractivity contribution < 1.29 is 14.3 Å². The zero-order valence-electron chi connectivity index (χ0n) is 17.0. The Labute approximate surface area is 171 Å². The third kappa shape index (κ3) is 5.57. The minimum absolute atomic E-state index is 0.108. The van der Waals surface area contributed by atoms with Gasteiger partial charge < -0.3 is 14.0 Å². The maximum absolute atomic E-state index is 12.7. The lowest BCUT2D eigenvalue weighted by Gasteiger charge is -2.12. The molecule has 0 bridgehead atoms. The fraction of sp³-hybridized carbons (Fsp3) is 0.250. The number of esters is 1. The van der Waals surface area contributed by atoms with Gasteiger partial charge in [-0.3, -0.25) is 0 Å². The molecule has 0 fully saturated rings. The molecule has 0 saturated heterocycles. The number of benzene rings is 2. The maximum Gasteiger partial charge on any atom is 0.341 e. The third-order valence-electron chi connectivity index (χ3n) is 4.21. The van der Waals surface area contributed by atoms with Crippen LogP contribution in [0.1, 0.15) is 37.7 Å². The number of imidazole rings is 1. The van der Waals surface area contributed by atoms with Crippen LogP contribution in [0.15, 0.2) is 67.0 Å². The van der Waals surface area contributed by atoms with E-state index in [0.717, 1.165) is 16.9 Å². The van der Waals surface area contributed by atoms with Crippen LogP contribution in [0.5, 0.6) is 5.75 Å². The van der Waals surface area contributed by atoms with E-state index < -0.39 is 5.97 Å². The van der Waals surface area contributed by atoms with E-state index in [1.165, 1.54) is 0 Å². The van der Waals surface area contributed by atoms with Crippen molar-refractivity contribution in [1.29, 1.82) is 0 Å². The predicted molar refractivity (Wildman–Crippen MR) is 114 cm³/mol. The summed E-state index contributed by atoms with van der Waals surface area (Å²) in [7, 11) is 0. The fourth-order valence-electron chi connectivity index (χ4n) is 2.97. The quantitative estimate of drug-likeness (QED) is 0.409. The molecule has 1 heterocycles. The normalized spacial score (nSPS) is 11.5.